The highest BCUT2D eigenvalue weighted by atomic mass is 19.1. The van der Waals surface area contributed by atoms with Gasteiger partial charge in [0.15, 0.2) is 5.65 Å². The van der Waals surface area contributed by atoms with Crippen LogP contribution in [0, 0.1) is 24.1 Å². The SMILES string of the molecule is C=CC(=O)N1CCN(c2nc(=O)n(-c3c(C)ccnc3C(C)C)c3nc(-c4ccccc4F)c(C#N)cc23)C(C)C1. The average molecular weight is 552 g/mol. The zero-order valence-corrected chi connectivity index (χ0v) is 23.4. The summed E-state index contributed by atoms with van der Waals surface area (Å²) in [6, 6.07) is 11.5. The predicted octanol–water partition coefficient (Wildman–Crippen LogP) is 4.51. The second-order valence-electron chi connectivity index (χ2n) is 10.4. The minimum Gasteiger partial charge on any atom is -0.350 e. The van der Waals surface area contributed by atoms with Crippen LogP contribution in [0.3, 0.4) is 0 Å². The number of carbonyl (C=O) groups excluding carboxylic acids is 1. The highest BCUT2D eigenvalue weighted by Gasteiger charge is 2.30. The second kappa shape index (κ2) is 10.9. The lowest BCUT2D eigenvalue weighted by molar-refractivity contribution is -0.126. The molecule has 41 heavy (non-hydrogen) atoms. The van der Waals surface area contributed by atoms with E-state index < -0.39 is 11.5 Å². The van der Waals surface area contributed by atoms with Gasteiger partial charge >= 0.3 is 5.69 Å². The maximum atomic E-state index is 15.0. The van der Waals surface area contributed by atoms with Crippen molar-refractivity contribution in [1.82, 2.24) is 24.4 Å². The van der Waals surface area contributed by atoms with E-state index in [4.69, 9.17) is 4.98 Å². The number of rotatable bonds is 5. The Labute approximate surface area is 237 Å². The van der Waals surface area contributed by atoms with Gasteiger partial charge in [0.25, 0.3) is 0 Å². The van der Waals surface area contributed by atoms with E-state index in [9.17, 15) is 19.2 Å². The third-order valence-electron chi connectivity index (χ3n) is 7.41. The van der Waals surface area contributed by atoms with Crippen molar-refractivity contribution in [2.45, 2.75) is 39.7 Å². The number of fused-ring (bicyclic) bond motifs is 1. The Morgan fingerprint density at radius 1 is 1.22 bits per heavy atom. The number of aryl methyl sites for hydroxylation is 1. The Bertz CT molecular complexity index is 1790. The van der Waals surface area contributed by atoms with Crippen molar-refractivity contribution in [2.75, 3.05) is 24.5 Å². The van der Waals surface area contributed by atoms with Crippen LogP contribution in [0.15, 0.2) is 60.0 Å². The third-order valence-corrected chi connectivity index (χ3v) is 7.41. The quantitative estimate of drug-likeness (QED) is 0.336. The molecule has 0 bridgehead atoms. The summed E-state index contributed by atoms with van der Waals surface area (Å²) < 4.78 is 16.4. The van der Waals surface area contributed by atoms with Crippen LogP contribution in [0.4, 0.5) is 10.2 Å². The first kappa shape index (κ1) is 27.6. The lowest BCUT2D eigenvalue weighted by Crippen LogP contribution is -2.54. The summed E-state index contributed by atoms with van der Waals surface area (Å²) in [6.45, 7) is 12.6. The average Bonchev–Trinajstić information content (AvgIpc) is 2.96. The van der Waals surface area contributed by atoms with Gasteiger partial charge in [-0.25, -0.2) is 18.7 Å². The van der Waals surface area contributed by atoms with Crippen molar-refractivity contribution < 1.29 is 9.18 Å². The van der Waals surface area contributed by atoms with Gasteiger partial charge in [-0.15, -0.1) is 0 Å². The zero-order chi connectivity index (χ0) is 29.4. The number of nitriles is 1. The van der Waals surface area contributed by atoms with Gasteiger partial charge in [-0.05, 0) is 55.7 Å². The molecule has 5 rings (SSSR count). The summed E-state index contributed by atoms with van der Waals surface area (Å²) in [6.07, 6.45) is 2.98. The standard InChI is InChI=1S/C31H30FN7O2/c1-6-25(40)37-13-14-38(20(5)17-37)29-23-15-21(16-33)27(22-9-7-8-10-24(22)32)35-30(23)39(31(41)36-29)28-19(4)11-12-34-26(28)18(2)3/h6-12,15,18,20H,1,13-14,17H2,2-5H3. The largest absolute Gasteiger partial charge is 0.355 e. The van der Waals surface area contributed by atoms with Gasteiger partial charge in [0.2, 0.25) is 5.91 Å². The maximum absolute atomic E-state index is 15.0. The van der Waals surface area contributed by atoms with E-state index in [0.717, 1.165) is 5.56 Å². The summed E-state index contributed by atoms with van der Waals surface area (Å²) >= 11 is 0. The Kier molecular flexibility index (Phi) is 7.37. The first-order valence-electron chi connectivity index (χ1n) is 13.4. The highest BCUT2D eigenvalue weighted by molar-refractivity contribution is 5.92. The third kappa shape index (κ3) is 4.84. The molecular weight excluding hydrogens is 521 g/mol. The molecule has 0 radical (unpaired) electrons. The summed E-state index contributed by atoms with van der Waals surface area (Å²) in [5.74, 6) is -0.361. The first-order valence-corrected chi connectivity index (χ1v) is 13.4. The monoisotopic (exact) mass is 551 g/mol. The number of anilines is 1. The van der Waals surface area contributed by atoms with Crippen LogP contribution >= 0.6 is 0 Å². The Morgan fingerprint density at radius 3 is 2.63 bits per heavy atom. The summed E-state index contributed by atoms with van der Waals surface area (Å²) in [7, 11) is 0. The van der Waals surface area contributed by atoms with E-state index in [1.165, 1.54) is 16.7 Å². The lowest BCUT2D eigenvalue weighted by Gasteiger charge is -2.40. The van der Waals surface area contributed by atoms with Gasteiger partial charge < -0.3 is 9.80 Å². The molecule has 3 aromatic heterocycles. The van der Waals surface area contributed by atoms with Crippen molar-refractivity contribution in [2.24, 2.45) is 0 Å². The topological polar surface area (TPSA) is 108 Å². The van der Waals surface area contributed by atoms with E-state index in [1.807, 2.05) is 38.7 Å². The van der Waals surface area contributed by atoms with E-state index in [0.29, 0.717) is 42.2 Å². The van der Waals surface area contributed by atoms with Gasteiger partial charge in [-0.1, -0.05) is 32.6 Å². The number of halogens is 1. The molecule has 1 aliphatic rings. The lowest BCUT2D eigenvalue weighted by atomic mass is 10.0. The molecule has 9 nitrogen and oxygen atoms in total. The van der Waals surface area contributed by atoms with Crippen LogP contribution in [-0.2, 0) is 4.79 Å². The van der Waals surface area contributed by atoms with Gasteiger partial charge in [0.05, 0.1) is 28.0 Å². The molecule has 208 valence electrons. The summed E-state index contributed by atoms with van der Waals surface area (Å²) in [4.78, 5) is 43.8. The Hall–Kier alpha value is -4.91. The molecule has 0 aliphatic carbocycles. The number of amides is 1. The number of carbonyl (C=O) groups is 1. The zero-order valence-electron chi connectivity index (χ0n) is 23.4. The van der Waals surface area contributed by atoms with Gasteiger partial charge in [0.1, 0.15) is 17.7 Å². The molecule has 1 aromatic carbocycles. The van der Waals surface area contributed by atoms with Crippen molar-refractivity contribution >= 4 is 22.8 Å². The normalized spacial score (nSPS) is 15.3. The number of nitrogens with zero attached hydrogens (tertiary/aromatic N) is 7. The minimum absolute atomic E-state index is 0.0218. The van der Waals surface area contributed by atoms with Crippen molar-refractivity contribution in [1.29, 1.82) is 5.26 Å². The number of piperazine rings is 1. The number of hydrogen-bond acceptors (Lipinski definition) is 7. The van der Waals surface area contributed by atoms with Crippen LogP contribution in [0.1, 0.15) is 43.5 Å². The molecule has 10 heteroatoms. The molecule has 1 amide bonds. The Balaban J connectivity index is 1.85. The van der Waals surface area contributed by atoms with E-state index in [1.54, 1.807) is 35.4 Å². The van der Waals surface area contributed by atoms with Crippen LogP contribution in [0.5, 0.6) is 0 Å². The van der Waals surface area contributed by atoms with E-state index >= 15 is 0 Å². The molecule has 4 aromatic rings. The van der Waals surface area contributed by atoms with Crippen LogP contribution in [0.2, 0.25) is 0 Å². The molecule has 0 saturated carbocycles. The minimum atomic E-state index is -0.570. The van der Waals surface area contributed by atoms with Crippen LogP contribution in [0.25, 0.3) is 28.0 Å². The predicted molar refractivity (Wildman–Crippen MR) is 155 cm³/mol. The fraction of sp³-hybridized carbons (Fsp3) is 0.290. The second-order valence-corrected chi connectivity index (χ2v) is 10.4. The maximum Gasteiger partial charge on any atom is 0.355 e. The molecule has 1 unspecified atom stereocenters. The number of aromatic nitrogens is 4. The number of pyridine rings is 2. The molecule has 0 spiro atoms. The van der Waals surface area contributed by atoms with Crippen molar-refractivity contribution in [3.8, 4) is 23.0 Å². The van der Waals surface area contributed by atoms with Gasteiger partial charge in [0, 0.05) is 37.4 Å². The fourth-order valence-corrected chi connectivity index (χ4v) is 5.38. The molecular formula is C31H30FN7O2. The summed E-state index contributed by atoms with van der Waals surface area (Å²) in [5, 5.41) is 10.6. The first-order chi connectivity index (χ1) is 19.7. The molecule has 1 aliphatic heterocycles. The summed E-state index contributed by atoms with van der Waals surface area (Å²) in [5.41, 5.74) is 2.15. The van der Waals surface area contributed by atoms with E-state index in [2.05, 4.69) is 22.6 Å². The molecule has 1 fully saturated rings. The van der Waals surface area contributed by atoms with Gasteiger partial charge in [-0.2, -0.15) is 10.2 Å². The number of hydrogen-bond donors (Lipinski definition) is 0. The molecule has 0 N–H and O–H groups in total. The molecule has 1 atom stereocenters. The van der Waals surface area contributed by atoms with Crippen molar-refractivity contribution in [3.05, 3.63) is 88.4 Å². The van der Waals surface area contributed by atoms with E-state index in [-0.39, 0.29) is 40.3 Å². The van der Waals surface area contributed by atoms with Gasteiger partial charge in [-0.3, -0.25) is 9.78 Å². The number of benzene rings is 1. The fourth-order valence-electron chi connectivity index (χ4n) is 5.38. The Morgan fingerprint density at radius 2 is 1.98 bits per heavy atom. The van der Waals surface area contributed by atoms with Crippen molar-refractivity contribution in [3.63, 3.8) is 0 Å². The van der Waals surface area contributed by atoms with Crippen LogP contribution < -0.4 is 10.6 Å². The smallest absolute Gasteiger partial charge is 0.350 e. The molecule has 1 saturated heterocycles. The molecule has 4 heterocycles. The van der Waals surface area contributed by atoms with Crippen LogP contribution in [-0.4, -0.2) is 56.0 Å². The highest BCUT2D eigenvalue weighted by Crippen LogP contribution is 2.34.